The molecule has 2 saturated heterocycles. The number of nitrogens with one attached hydrogen (secondary N) is 2. The number of carbonyl (C=O) groups is 1. The lowest BCUT2D eigenvalue weighted by molar-refractivity contribution is 0.0367. The van der Waals surface area contributed by atoms with Crippen molar-refractivity contribution in [3.8, 4) is 0 Å². The molecule has 2 aliphatic heterocycles. The standard InChI is InChI=1S/C39H46ClFN8O.C3H6O.C2H6.CH4O/c1-6-10-26(3)37-34(43-5)24-44-39(46-37)47-38(50)29-14-16-35-33(22-29)45-36(49(35)19-7-2)25-48-20-17-28(18-21-48)32(42-4)12-9-8-11-27-13-15-30(40)23-31(27)41;1-2-4-3-1;2*1-2/h8-10,12-16,22-24,28,43H,4,6-7,11,17-21,25H2,1-3,5H3,(H,44,46,47,50);1-3H2;1-2H3;2H,1H3/b9-8-,26-10+,32-12-;;;. The summed E-state index contributed by atoms with van der Waals surface area (Å²) in [6, 6.07) is 10.4. The number of aliphatic imine (C=N–C) groups is 1. The molecular formula is C45H62ClFN8O3. The van der Waals surface area contributed by atoms with Crippen LogP contribution in [0.2, 0.25) is 5.02 Å². The number of likely N-dealkylation sites (tertiary alicyclic amines) is 1. The van der Waals surface area contributed by atoms with Crippen molar-refractivity contribution >= 4 is 52.5 Å². The Kier molecular flexibility index (Phi) is 21.0. The third-order valence-corrected chi connectivity index (χ3v) is 9.83. The molecule has 3 N–H and O–H groups in total. The van der Waals surface area contributed by atoms with Gasteiger partial charge in [0.2, 0.25) is 5.95 Å². The minimum Gasteiger partial charge on any atom is -0.400 e. The van der Waals surface area contributed by atoms with Gasteiger partial charge >= 0.3 is 0 Å². The van der Waals surface area contributed by atoms with Crippen molar-refractivity contribution in [1.82, 2.24) is 24.4 Å². The van der Waals surface area contributed by atoms with Crippen molar-refractivity contribution in [2.24, 2.45) is 10.9 Å². The number of halogens is 2. The summed E-state index contributed by atoms with van der Waals surface area (Å²) in [4.78, 5) is 34.1. The fourth-order valence-corrected chi connectivity index (χ4v) is 6.67. The first kappa shape index (κ1) is 47.6. The predicted octanol–water partition coefficient (Wildman–Crippen LogP) is 9.77. The van der Waals surface area contributed by atoms with E-state index in [-0.39, 0.29) is 17.7 Å². The number of rotatable bonds is 14. The average molecular weight is 817 g/mol. The van der Waals surface area contributed by atoms with Gasteiger partial charge < -0.3 is 19.7 Å². The summed E-state index contributed by atoms with van der Waals surface area (Å²) in [7, 11) is 2.83. The highest BCUT2D eigenvalue weighted by molar-refractivity contribution is 6.30. The number of hydrogen-bond acceptors (Lipinski definition) is 9. The van der Waals surface area contributed by atoms with Gasteiger partial charge in [-0.25, -0.2) is 19.3 Å². The Balaban J connectivity index is 0.00000103. The molecule has 0 unspecified atom stereocenters. The molecule has 2 aromatic carbocycles. The molecule has 6 rings (SSSR count). The lowest BCUT2D eigenvalue weighted by Gasteiger charge is -2.31. The van der Waals surface area contributed by atoms with Gasteiger partial charge in [0.15, 0.2) is 0 Å². The second-order valence-electron chi connectivity index (χ2n) is 13.5. The van der Waals surface area contributed by atoms with Gasteiger partial charge in [-0.15, -0.1) is 0 Å². The van der Waals surface area contributed by atoms with E-state index in [1.54, 1.807) is 18.3 Å². The van der Waals surface area contributed by atoms with Crippen LogP contribution in [0.25, 0.3) is 16.6 Å². The van der Waals surface area contributed by atoms with E-state index < -0.39 is 0 Å². The zero-order chi connectivity index (χ0) is 42.5. The number of anilines is 2. The van der Waals surface area contributed by atoms with E-state index in [4.69, 9.17) is 26.4 Å². The van der Waals surface area contributed by atoms with Crippen molar-refractivity contribution in [2.45, 2.75) is 86.2 Å². The van der Waals surface area contributed by atoms with Gasteiger partial charge in [-0.3, -0.25) is 20.0 Å². The van der Waals surface area contributed by atoms with Crippen LogP contribution < -0.4 is 10.6 Å². The molecule has 0 bridgehead atoms. The summed E-state index contributed by atoms with van der Waals surface area (Å²) in [6.45, 7) is 19.4. The monoisotopic (exact) mass is 816 g/mol. The maximum atomic E-state index is 14.1. The van der Waals surface area contributed by atoms with Crippen molar-refractivity contribution in [3.05, 3.63) is 106 Å². The van der Waals surface area contributed by atoms with Gasteiger partial charge in [-0.1, -0.05) is 63.6 Å². The first-order chi connectivity index (χ1) is 28.2. The molecule has 2 aliphatic rings. The van der Waals surface area contributed by atoms with Crippen LogP contribution in [-0.4, -0.2) is 82.6 Å². The quantitative estimate of drug-likeness (QED) is 0.0848. The topological polar surface area (TPSA) is 130 Å². The molecule has 314 valence electrons. The number of aliphatic hydroxyl groups is 1. The van der Waals surface area contributed by atoms with E-state index in [2.05, 4.69) is 61.7 Å². The van der Waals surface area contributed by atoms with Crippen LogP contribution in [0.1, 0.15) is 94.2 Å². The van der Waals surface area contributed by atoms with Gasteiger partial charge in [0.25, 0.3) is 5.91 Å². The second kappa shape index (κ2) is 25.6. The van der Waals surface area contributed by atoms with E-state index in [1.807, 2.05) is 64.2 Å². The number of ether oxygens (including phenoxy) is 1. The van der Waals surface area contributed by atoms with Crippen molar-refractivity contribution in [1.29, 1.82) is 0 Å². The SMILES string of the molecule is C1COC1.C=N/C(=C\C=C/Cc1ccc(Cl)cc1F)C1CCN(Cc2nc3cc(C(=O)Nc4ncc(NC)c(/C(C)=C/CC)n4)ccc3n2CCC)CC1.CC.CO. The van der Waals surface area contributed by atoms with Crippen molar-refractivity contribution < 1.29 is 19.0 Å². The minimum absolute atomic E-state index is 0.252. The molecule has 0 aliphatic carbocycles. The summed E-state index contributed by atoms with van der Waals surface area (Å²) in [5.41, 5.74) is 6.43. The molecule has 1 amide bonds. The lowest BCUT2D eigenvalue weighted by Crippen LogP contribution is -2.34. The summed E-state index contributed by atoms with van der Waals surface area (Å²) < 4.78 is 21.1. The lowest BCUT2D eigenvalue weighted by atomic mass is 9.93. The zero-order valence-electron chi connectivity index (χ0n) is 35.3. The average Bonchev–Trinajstić information content (AvgIpc) is 3.55. The third-order valence-electron chi connectivity index (χ3n) is 9.59. The van der Waals surface area contributed by atoms with Gasteiger partial charge in [0, 0.05) is 56.1 Å². The largest absolute Gasteiger partial charge is 0.400 e. The number of aliphatic hydroxyl groups excluding tert-OH is 1. The summed E-state index contributed by atoms with van der Waals surface area (Å²) in [6.07, 6.45) is 15.1. The second-order valence-corrected chi connectivity index (χ2v) is 13.9. The Bertz CT molecular complexity index is 2000. The predicted molar refractivity (Wildman–Crippen MR) is 238 cm³/mol. The zero-order valence-corrected chi connectivity index (χ0v) is 36.1. The number of fused-ring (bicyclic) bond motifs is 1. The third kappa shape index (κ3) is 13.7. The van der Waals surface area contributed by atoms with E-state index >= 15 is 0 Å². The number of piperidine rings is 1. The molecule has 0 saturated carbocycles. The Morgan fingerprint density at radius 2 is 1.83 bits per heavy atom. The number of allylic oxidation sites excluding steroid dienone is 6. The first-order valence-corrected chi connectivity index (χ1v) is 20.7. The van der Waals surface area contributed by atoms with Crippen LogP contribution in [0, 0.1) is 11.7 Å². The van der Waals surface area contributed by atoms with Crippen LogP contribution in [0.5, 0.6) is 0 Å². The van der Waals surface area contributed by atoms with E-state index in [1.165, 1.54) is 12.5 Å². The summed E-state index contributed by atoms with van der Waals surface area (Å²) in [5.74, 6) is 0.957. The molecule has 13 heteroatoms. The molecule has 4 heterocycles. The molecule has 11 nitrogen and oxygen atoms in total. The number of hydrogen-bond donors (Lipinski definition) is 3. The fourth-order valence-electron chi connectivity index (χ4n) is 6.51. The van der Waals surface area contributed by atoms with Gasteiger partial charge in [0.1, 0.15) is 11.6 Å². The number of carbonyl (C=O) groups excluding carboxylic acids is 1. The molecular weight excluding hydrogens is 755 g/mol. The van der Waals surface area contributed by atoms with Crippen LogP contribution in [-0.2, 0) is 24.2 Å². The maximum Gasteiger partial charge on any atom is 0.258 e. The van der Waals surface area contributed by atoms with E-state index in [0.717, 1.165) is 112 Å². The number of imidazole rings is 1. The highest BCUT2D eigenvalue weighted by Crippen LogP contribution is 2.28. The van der Waals surface area contributed by atoms with Crippen LogP contribution >= 0.6 is 11.6 Å². The van der Waals surface area contributed by atoms with Gasteiger partial charge in [0.05, 0.1) is 35.2 Å². The van der Waals surface area contributed by atoms with Crippen LogP contribution in [0.3, 0.4) is 0 Å². The maximum absolute atomic E-state index is 14.1. The molecule has 4 aromatic rings. The molecule has 0 radical (unpaired) electrons. The molecule has 58 heavy (non-hydrogen) atoms. The summed E-state index contributed by atoms with van der Waals surface area (Å²) >= 11 is 5.87. The molecule has 2 aromatic heterocycles. The molecule has 0 atom stereocenters. The number of aryl methyl sites for hydroxylation is 1. The van der Waals surface area contributed by atoms with Gasteiger partial charge in [-0.2, -0.15) is 0 Å². The van der Waals surface area contributed by atoms with Gasteiger partial charge in [-0.05, 0) is 113 Å². The highest BCUT2D eigenvalue weighted by atomic mass is 35.5. The number of amides is 1. The fraction of sp³-hybridized carbons (Fsp3) is 0.444. The summed E-state index contributed by atoms with van der Waals surface area (Å²) in [5, 5.41) is 13.4. The molecule has 0 spiro atoms. The Hall–Kier alpha value is -4.75. The highest BCUT2D eigenvalue weighted by Gasteiger charge is 2.24. The number of aromatic nitrogens is 4. The first-order valence-electron chi connectivity index (χ1n) is 20.3. The van der Waals surface area contributed by atoms with E-state index in [0.29, 0.717) is 28.5 Å². The normalized spacial score (nSPS) is 14.7. The van der Waals surface area contributed by atoms with Crippen molar-refractivity contribution in [2.75, 3.05) is 51.1 Å². The van der Waals surface area contributed by atoms with Crippen LogP contribution in [0.4, 0.5) is 16.0 Å². The Labute approximate surface area is 349 Å². The smallest absolute Gasteiger partial charge is 0.258 e. The Morgan fingerprint density at radius 3 is 2.43 bits per heavy atom. The number of benzene rings is 2. The Morgan fingerprint density at radius 1 is 1.12 bits per heavy atom. The van der Waals surface area contributed by atoms with Crippen LogP contribution in [0.15, 0.2) is 77.6 Å². The number of nitrogens with zero attached hydrogens (tertiary/aromatic N) is 6. The minimum atomic E-state index is -0.301. The molecule has 2 fully saturated rings. The van der Waals surface area contributed by atoms with E-state index in [9.17, 15) is 9.18 Å². The van der Waals surface area contributed by atoms with Crippen molar-refractivity contribution in [3.63, 3.8) is 0 Å².